The summed E-state index contributed by atoms with van der Waals surface area (Å²) in [6, 6.07) is 7.66. The second-order valence-electron chi connectivity index (χ2n) is 4.34. The Morgan fingerprint density at radius 3 is 2.32 bits per heavy atom. The van der Waals surface area contributed by atoms with Crippen LogP contribution in [-0.2, 0) is 32.4 Å². The molecule has 0 saturated heterocycles. The van der Waals surface area contributed by atoms with Crippen molar-refractivity contribution in [1.82, 2.24) is 4.72 Å². The maximum atomic E-state index is 11.1. The molecule has 1 aromatic carbocycles. The minimum absolute atomic E-state index is 0.259. The van der Waals surface area contributed by atoms with Gasteiger partial charge in [0.05, 0.1) is 19.8 Å². The van der Waals surface area contributed by atoms with Gasteiger partial charge < -0.3 is 4.74 Å². The van der Waals surface area contributed by atoms with Crippen molar-refractivity contribution in [1.29, 1.82) is 0 Å². The molecule has 0 heterocycles. The van der Waals surface area contributed by atoms with Gasteiger partial charge in [0.15, 0.2) is 0 Å². The largest absolute Gasteiger partial charge is 0.469 e. The molecular formula is C13H19NO4S. The third-order valence-corrected chi connectivity index (χ3v) is 3.33. The lowest BCUT2D eigenvalue weighted by Gasteiger charge is -2.04. The number of carbonyl (C=O) groups excluding carboxylic acids is 1. The summed E-state index contributed by atoms with van der Waals surface area (Å²) in [7, 11) is -1.74. The molecule has 0 fully saturated rings. The maximum absolute atomic E-state index is 11.1. The highest BCUT2D eigenvalue weighted by atomic mass is 32.2. The van der Waals surface area contributed by atoms with Crippen LogP contribution in [0.25, 0.3) is 0 Å². The first-order chi connectivity index (χ1) is 8.90. The Morgan fingerprint density at radius 1 is 1.21 bits per heavy atom. The van der Waals surface area contributed by atoms with Gasteiger partial charge >= 0.3 is 5.97 Å². The van der Waals surface area contributed by atoms with Crippen LogP contribution in [0, 0.1) is 0 Å². The molecule has 1 rings (SSSR count). The van der Waals surface area contributed by atoms with Crippen LogP contribution in [0.3, 0.4) is 0 Å². The number of esters is 1. The van der Waals surface area contributed by atoms with E-state index >= 15 is 0 Å². The van der Waals surface area contributed by atoms with E-state index in [1.807, 2.05) is 24.3 Å². The first kappa shape index (κ1) is 15.7. The minimum Gasteiger partial charge on any atom is -0.469 e. The topological polar surface area (TPSA) is 72.5 Å². The van der Waals surface area contributed by atoms with E-state index in [0.717, 1.165) is 30.2 Å². The summed E-state index contributed by atoms with van der Waals surface area (Å²) in [5.41, 5.74) is 2.02. The summed E-state index contributed by atoms with van der Waals surface area (Å²) < 4.78 is 28.8. The van der Waals surface area contributed by atoms with Gasteiger partial charge in [-0.2, -0.15) is 0 Å². The Kier molecular flexibility index (Phi) is 5.98. The van der Waals surface area contributed by atoms with Gasteiger partial charge in [-0.25, -0.2) is 13.1 Å². The van der Waals surface area contributed by atoms with Crippen LogP contribution in [0.15, 0.2) is 24.3 Å². The lowest BCUT2D eigenvalue weighted by Crippen LogP contribution is -2.23. The van der Waals surface area contributed by atoms with E-state index in [2.05, 4.69) is 9.46 Å². The molecule has 19 heavy (non-hydrogen) atoms. The minimum atomic E-state index is -3.10. The molecule has 0 radical (unpaired) electrons. The molecule has 0 aliphatic rings. The molecule has 1 N–H and O–H groups in total. The zero-order valence-electron chi connectivity index (χ0n) is 11.2. The van der Waals surface area contributed by atoms with Crippen LogP contribution in [0.5, 0.6) is 0 Å². The van der Waals surface area contributed by atoms with E-state index in [0.29, 0.717) is 6.54 Å². The highest BCUT2D eigenvalue weighted by Gasteiger charge is 2.03. The second kappa shape index (κ2) is 7.25. The van der Waals surface area contributed by atoms with Gasteiger partial charge in [0.2, 0.25) is 10.0 Å². The van der Waals surface area contributed by atoms with Crippen molar-refractivity contribution in [2.24, 2.45) is 0 Å². The molecule has 0 bridgehead atoms. The van der Waals surface area contributed by atoms with E-state index < -0.39 is 10.0 Å². The SMILES string of the molecule is COC(=O)Cc1ccc(CCCNS(C)(=O)=O)cc1. The van der Waals surface area contributed by atoms with Crippen LogP contribution in [0.1, 0.15) is 17.5 Å². The molecule has 106 valence electrons. The number of sulfonamides is 1. The molecule has 0 saturated carbocycles. The lowest BCUT2D eigenvalue weighted by molar-refractivity contribution is -0.139. The van der Waals surface area contributed by atoms with Crippen molar-refractivity contribution in [3.63, 3.8) is 0 Å². The summed E-state index contributed by atoms with van der Waals surface area (Å²) in [5.74, 6) is -0.259. The van der Waals surface area contributed by atoms with Crippen molar-refractivity contribution in [2.75, 3.05) is 19.9 Å². The Balaban J connectivity index is 2.38. The second-order valence-corrected chi connectivity index (χ2v) is 6.17. The van der Waals surface area contributed by atoms with Gasteiger partial charge in [-0.15, -0.1) is 0 Å². The van der Waals surface area contributed by atoms with Crippen molar-refractivity contribution in [3.05, 3.63) is 35.4 Å². The Bertz CT molecular complexity index is 508. The molecule has 0 amide bonds. The highest BCUT2D eigenvalue weighted by molar-refractivity contribution is 7.88. The van der Waals surface area contributed by atoms with E-state index in [1.165, 1.54) is 7.11 Å². The van der Waals surface area contributed by atoms with Gasteiger partial charge in [0.1, 0.15) is 0 Å². The number of carbonyl (C=O) groups is 1. The number of methoxy groups -OCH3 is 1. The molecule has 0 aliphatic carbocycles. The molecule has 5 nitrogen and oxygen atoms in total. The van der Waals surface area contributed by atoms with Crippen molar-refractivity contribution in [2.45, 2.75) is 19.3 Å². The fourth-order valence-electron chi connectivity index (χ4n) is 1.61. The number of hydrogen-bond donors (Lipinski definition) is 1. The normalized spacial score (nSPS) is 11.3. The summed E-state index contributed by atoms with van der Waals surface area (Å²) in [4.78, 5) is 11.1. The van der Waals surface area contributed by atoms with Crippen LogP contribution < -0.4 is 4.72 Å². The summed E-state index contributed by atoms with van der Waals surface area (Å²) >= 11 is 0. The lowest BCUT2D eigenvalue weighted by atomic mass is 10.1. The zero-order chi connectivity index (χ0) is 14.3. The number of aryl methyl sites for hydroxylation is 1. The summed E-state index contributed by atoms with van der Waals surface area (Å²) in [6.45, 7) is 0.433. The van der Waals surface area contributed by atoms with Crippen LogP contribution in [0.2, 0.25) is 0 Å². The van der Waals surface area contributed by atoms with E-state index in [-0.39, 0.29) is 12.4 Å². The maximum Gasteiger partial charge on any atom is 0.309 e. The number of benzene rings is 1. The van der Waals surface area contributed by atoms with Gasteiger partial charge in [0, 0.05) is 6.54 Å². The number of nitrogens with one attached hydrogen (secondary N) is 1. The van der Waals surface area contributed by atoms with Crippen molar-refractivity contribution < 1.29 is 17.9 Å². The highest BCUT2D eigenvalue weighted by Crippen LogP contribution is 2.07. The van der Waals surface area contributed by atoms with Gasteiger partial charge in [0.25, 0.3) is 0 Å². The van der Waals surface area contributed by atoms with Gasteiger partial charge in [-0.3, -0.25) is 4.79 Å². The Hall–Kier alpha value is -1.40. The van der Waals surface area contributed by atoms with E-state index in [1.54, 1.807) is 0 Å². The Morgan fingerprint density at radius 2 is 1.79 bits per heavy atom. The van der Waals surface area contributed by atoms with Gasteiger partial charge in [-0.05, 0) is 24.0 Å². The van der Waals surface area contributed by atoms with Crippen LogP contribution in [-0.4, -0.2) is 34.3 Å². The average Bonchev–Trinajstić information content (AvgIpc) is 2.35. The summed E-state index contributed by atoms with van der Waals surface area (Å²) in [5, 5.41) is 0. The summed E-state index contributed by atoms with van der Waals surface area (Å²) in [6.07, 6.45) is 2.95. The predicted octanol–water partition coefficient (Wildman–Crippen LogP) is 0.884. The molecular weight excluding hydrogens is 266 g/mol. The zero-order valence-corrected chi connectivity index (χ0v) is 12.0. The molecule has 0 spiro atoms. The molecule has 0 unspecified atom stereocenters. The van der Waals surface area contributed by atoms with Crippen molar-refractivity contribution >= 4 is 16.0 Å². The smallest absolute Gasteiger partial charge is 0.309 e. The molecule has 0 atom stereocenters. The van der Waals surface area contributed by atoms with E-state index in [9.17, 15) is 13.2 Å². The van der Waals surface area contributed by atoms with E-state index in [4.69, 9.17) is 0 Å². The number of ether oxygens (including phenoxy) is 1. The van der Waals surface area contributed by atoms with Crippen LogP contribution in [0.4, 0.5) is 0 Å². The third-order valence-electron chi connectivity index (χ3n) is 2.61. The average molecular weight is 285 g/mol. The monoisotopic (exact) mass is 285 g/mol. The van der Waals surface area contributed by atoms with Gasteiger partial charge in [-0.1, -0.05) is 24.3 Å². The molecule has 0 aromatic heterocycles. The quantitative estimate of drug-likeness (QED) is 0.596. The standard InChI is InChI=1S/C13H19NO4S/c1-18-13(15)10-12-7-5-11(6-8-12)4-3-9-14-19(2,16)17/h5-8,14H,3-4,9-10H2,1-2H3. The third kappa shape index (κ3) is 6.93. The Labute approximate surface area is 114 Å². The molecule has 1 aromatic rings. The molecule has 0 aliphatic heterocycles. The fourth-order valence-corrected chi connectivity index (χ4v) is 2.13. The number of rotatable bonds is 7. The first-order valence-corrected chi connectivity index (χ1v) is 7.89. The number of hydrogen-bond acceptors (Lipinski definition) is 4. The predicted molar refractivity (Wildman–Crippen MR) is 73.3 cm³/mol. The fraction of sp³-hybridized carbons (Fsp3) is 0.462. The first-order valence-electron chi connectivity index (χ1n) is 6.00. The van der Waals surface area contributed by atoms with Crippen molar-refractivity contribution in [3.8, 4) is 0 Å². The van der Waals surface area contributed by atoms with Crippen LogP contribution >= 0.6 is 0 Å². The molecule has 6 heteroatoms.